The molecule has 2 rings (SSSR count). The summed E-state index contributed by atoms with van der Waals surface area (Å²) in [5, 5.41) is 0. The van der Waals surface area contributed by atoms with Crippen LogP contribution in [-0.2, 0) is 16.6 Å². The van der Waals surface area contributed by atoms with E-state index in [2.05, 4.69) is 4.72 Å². The standard InChI is InChI=1S/C14H22N2O2S/c15-11-13-7-3-4-8-14(13)19(17,18)16-10-9-12-5-1-2-6-12/h3-4,7-8,12,16H,1-2,5-6,9-11,15H2. The Bertz CT molecular complexity index is 508. The Hall–Kier alpha value is -0.910. The third-order valence-corrected chi connectivity index (χ3v) is 5.36. The fraction of sp³-hybridized carbons (Fsp3) is 0.571. The van der Waals surface area contributed by atoms with Crippen molar-refractivity contribution >= 4 is 10.0 Å². The Morgan fingerprint density at radius 3 is 2.58 bits per heavy atom. The molecule has 0 atom stereocenters. The van der Waals surface area contributed by atoms with Gasteiger partial charge >= 0.3 is 0 Å². The van der Waals surface area contributed by atoms with Crippen molar-refractivity contribution in [1.82, 2.24) is 4.72 Å². The van der Waals surface area contributed by atoms with Gasteiger partial charge in [-0.15, -0.1) is 0 Å². The molecule has 0 aliphatic heterocycles. The predicted molar refractivity (Wildman–Crippen MR) is 76.1 cm³/mol. The minimum atomic E-state index is -3.42. The summed E-state index contributed by atoms with van der Waals surface area (Å²) in [6.07, 6.45) is 5.98. The summed E-state index contributed by atoms with van der Waals surface area (Å²) in [5.74, 6) is 0.687. The van der Waals surface area contributed by atoms with Crippen LogP contribution in [0.4, 0.5) is 0 Å². The van der Waals surface area contributed by atoms with E-state index in [4.69, 9.17) is 5.73 Å². The molecule has 0 saturated heterocycles. The van der Waals surface area contributed by atoms with Crippen LogP contribution in [0.15, 0.2) is 29.2 Å². The number of benzene rings is 1. The zero-order chi connectivity index (χ0) is 13.7. The lowest BCUT2D eigenvalue weighted by Gasteiger charge is -2.12. The summed E-state index contributed by atoms with van der Waals surface area (Å²) >= 11 is 0. The third-order valence-electron chi connectivity index (χ3n) is 3.80. The number of hydrogen-bond donors (Lipinski definition) is 2. The van der Waals surface area contributed by atoms with Gasteiger partial charge in [-0.2, -0.15) is 0 Å². The molecule has 5 heteroatoms. The second-order valence-electron chi connectivity index (χ2n) is 5.15. The third kappa shape index (κ3) is 3.78. The fourth-order valence-electron chi connectivity index (χ4n) is 2.71. The molecule has 1 aliphatic rings. The Morgan fingerprint density at radius 1 is 1.21 bits per heavy atom. The number of nitrogens with one attached hydrogen (secondary N) is 1. The molecule has 106 valence electrons. The molecule has 3 N–H and O–H groups in total. The number of hydrogen-bond acceptors (Lipinski definition) is 3. The topological polar surface area (TPSA) is 72.2 Å². The van der Waals surface area contributed by atoms with Gasteiger partial charge in [0.25, 0.3) is 0 Å². The molecule has 19 heavy (non-hydrogen) atoms. The Labute approximate surface area is 115 Å². The zero-order valence-electron chi connectivity index (χ0n) is 11.1. The first kappa shape index (κ1) is 14.5. The van der Waals surface area contributed by atoms with E-state index in [1.165, 1.54) is 25.7 Å². The van der Waals surface area contributed by atoms with E-state index >= 15 is 0 Å². The SMILES string of the molecule is NCc1ccccc1S(=O)(=O)NCCC1CCCC1. The van der Waals surface area contributed by atoms with Crippen LogP contribution in [0, 0.1) is 5.92 Å². The lowest BCUT2D eigenvalue weighted by molar-refractivity contribution is 0.495. The molecule has 0 heterocycles. The van der Waals surface area contributed by atoms with Crippen molar-refractivity contribution in [3.63, 3.8) is 0 Å². The largest absolute Gasteiger partial charge is 0.326 e. The average Bonchev–Trinajstić information content (AvgIpc) is 2.91. The van der Waals surface area contributed by atoms with Gasteiger partial charge in [-0.05, 0) is 24.0 Å². The Kier molecular flexibility index (Phi) is 4.96. The number of nitrogens with two attached hydrogens (primary N) is 1. The Morgan fingerprint density at radius 2 is 1.89 bits per heavy atom. The van der Waals surface area contributed by atoms with E-state index in [1.807, 2.05) is 0 Å². The van der Waals surface area contributed by atoms with E-state index in [0.29, 0.717) is 22.9 Å². The minimum Gasteiger partial charge on any atom is -0.326 e. The van der Waals surface area contributed by atoms with Gasteiger partial charge < -0.3 is 5.73 Å². The van der Waals surface area contributed by atoms with E-state index in [9.17, 15) is 8.42 Å². The summed E-state index contributed by atoms with van der Waals surface area (Å²) in [7, 11) is -3.42. The second kappa shape index (κ2) is 6.50. The van der Waals surface area contributed by atoms with Gasteiger partial charge in [0.05, 0.1) is 4.90 Å². The lowest BCUT2D eigenvalue weighted by atomic mass is 10.1. The molecule has 1 fully saturated rings. The first-order valence-electron chi connectivity index (χ1n) is 6.91. The molecule has 0 amide bonds. The molecule has 4 nitrogen and oxygen atoms in total. The molecular formula is C14H22N2O2S. The Balaban J connectivity index is 1.97. The molecule has 0 spiro atoms. The van der Waals surface area contributed by atoms with Crippen LogP contribution in [-0.4, -0.2) is 15.0 Å². The van der Waals surface area contributed by atoms with E-state index in [-0.39, 0.29) is 6.54 Å². The smallest absolute Gasteiger partial charge is 0.240 e. The second-order valence-corrected chi connectivity index (χ2v) is 6.88. The van der Waals surface area contributed by atoms with Gasteiger partial charge in [-0.1, -0.05) is 43.9 Å². The first-order valence-corrected chi connectivity index (χ1v) is 8.39. The zero-order valence-corrected chi connectivity index (χ0v) is 12.0. The molecule has 1 aromatic rings. The van der Waals surface area contributed by atoms with Gasteiger partial charge in [0.15, 0.2) is 0 Å². The molecular weight excluding hydrogens is 260 g/mol. The molecule has 0 radical (unpaired) electrons. The summed E-state index contributed by atoms with van der Waals surface area (Å²) < 4.78 is 27.1. The van der Waals surface area contributed by atoms with Crippen LogP contribution < -0.4 is 10.5 Å². The lowest BCUT2D eigenvalue weighted by Crippen LogP contribution is -2.27. The molecule has 1 aliphatic carbocycles. The van der Waals surface area contributed by atoms with Crippen molar-refractivity contribution in [2.24, 2.45) is 11.7 Å². The maximum absolute atomic E-state index is 12.2. The predicted octanol–water partition coefficient (Wildman–Crippen LogP) is 2.00. The summed E-state index contributed by atoms with van der Waals surface area (Å²) in [6.45, 7) is 0.756. The summed E-state index contributed by atoms with van der Waals surface area (Å²) in [5.41, 5.74) is 6.25. The van der Waals surface area contributed by atoms with Crippen molar-refractivity contribution in [2.45, 2.75) is 43.5 Å². The molecule has 1 saturated carbocycles. The molecule has 0 aromatic heterocycles. The number of sulfonamides is 1. The number of rotatable bonds is 6. The molecule has 1 aromatic carbocycles. The minimum absolute atomic E-state index is 0.236. The van der Waals surface area contributed by atoms with Gasteiger partial charge in [-0.3, -0.25) is 0 Å². The summed E-state index contributed by atoms with van der Waals surface area (Å²) in [6, 6.07) is 6.90. The van der Waals surface area contributed by atoms with Crippen molar-refractivity contribution in [1.29, 1.82) is 0 Å². The highest BCUT2D eigenvalue weighted by atomic mass is 32.2. The quantitative estimate of drug-likeness (QED) is 0.838. The van der Waals surface area contributed by atoms with Crippen molar-refractivity contribution in [3.8, 4) is 0 Å². The van der Waals surface area contributed by atoms with Gasteiger partial charge in [0, 0.05) is 13.1 Å². The van der Waals surface area contributed by atoms with Crippen molar-refractivity contribution in [3.05, 3.63) is 29.8 Å². The van der Waals surface area contributed by atoms with Gasteiger partial charge in [0.1, 0.15) is 0 Å². The first-order chi connectivity index (χ1) is 9.13. The normalized spacial score (nSPS) is 16.9. The summed E-state index contributed by atoms with van der Waals surface area (Å²) in [4.78, 5) is 0.309. The fourth-order valence-corrected chi connectivity index (χ4v) is 4.01. The van der Waals surface area contributed by atoms with Crippen LogP contribution in [0.1, 0.15) is 37.7 Å². The van der Waals surface area contributed by atoms with Crippen LogP contribution in [0.25, 0.3) is 0 Å². The van der Waals surface area contributed by atoms with E-state index in [0.717, 1.165) is 6.42 Å². The molecule has 0 bridgehead atoms. The van der Waals surface area contributed by atoms with Crippen LogP contribution >= 0.6 is 0 Å². The van der Waals surface area contributed by atoms with Gasteiger partial charge in [-0.25, -0.2) is 13.1 Å². The highest BCUT2D eigenvalue weighted by Gasteiger charge is 2.19. The van der Waals surface area contributed by atoms with Crippen LogP contribution in [0.3, 0.4) is 0 Å². The van der Waals surface area contributed by atoms with Gasteiger partial charge in [0.2, 0.25) is 10.0 Å². The highest BCUT2D eigenvalue weighted by molar-refractivity contribution is 7.89. The van der Waals surface area contributed by atoms with E-state index < -0.39 is 10.0 Å². The molecule has 0 unspecified atom stereocenters. The van der Waals surface area contributed by atoms with Crippen molar-refractivity contribution < 1.29 is 8.42 Å². The van der Waals surface area contributed by atoms with Crippen LogP contribution in [0.2, 0.25) is 0 Å². The maximum Gasteiger partial charge on any atom is 0.240 e. The monoisotopic (exact) mass is 282 g/mol. The van der Waals surface area contributed by atoms with Crippen LogP contribution in [0.5, 0.6) is 0 Å². The van der Waals surface area contributed by atoms with E-state index in [1.54, 1.807) is 24.3 Å². The highest BCUT2D eigenvalue weighted by Crippen LogP contribution is 2.27. The maximum atomic E-state index is 12.2. The van der Waals surface area contributed by atoms with Crippen molar-refractivity contribution in [2.75, 3.05) is 6.54 Å². The average molecular weight is 282 g/mol.